The van der Waals surface area contributed by atoms with Crippen molar-refractivity contribution >= 4 is 17.3 Å². The average Bonchev–Trinajstić information content (AvgIpc) is 2.93. The number of ketones is 1. The summed E-state index contributed by atoms with van der Waals surface area (Å²) in [6.45, 7) is 4.15. The summed E-state index contributed by atoms with van der Waals surface area (Å²) in [5, 5.41) is 3.20. The van der Waals surface area contributed by atoms with E-state index < -0.39 is 0 Å². The highest BCUT2D eigenvalue weighted by Crippen LogP contribution is 2.18. The first-order chi connectivity index (χ1) is 12.0. The molecule has 0 aromatic carbocycles. The Balaban J connectivity index is 1.68. The van der Waals surface area contributed by atoms with Crippen LogP contribution in [0.5, 0.6) is 0 Å². The fourth-order valence-electron chi connectivity index (χ4n) is 2.68. The number of carbonyl (C=O) groups is 1. The largest absolute Gasteiger partial charge is 0.466 e. The molecule has 6 nitrogen and oxygen atoms in total. The van der Waals surface area contributed by atoms with Crippen LogP contribution in [0, 0.1) is 13.8 Å². The van der Waals surface area contributed by atoms with Crippen molar-refractivity contribution in [2.24, 2.45) is 0 Å². The van der Waals surface area contributed by atoms with E-state index >= 15 is 0 Å². The molecule has 0 saturated carbocycles. The zero-order valence-electron chi connectivity index (χ0n) is 14.2. The van der Waals surface area contributed by atoms with Gasteiger partial charge in [0.15, 0.2) is 5.78 Å². The van der Waals surface area contributed by atoms with Gasteiger partial charge in [0.2, 0.25) is 0 Å². The Kier molecular flexibility index (Phi) is 4.79. The minimum atomic E-state index is 0.0379. The first-order valence-corrected chi connectivity index (χ1v) is 8.01. The second-order valence-electron chi connectivity index (χ2n) is 5.87. The van der Waals surface area contributed by atoms with Gasteiger partial charge in [-0.1, -0.05) is 0 Å². The van der Waals surface area contributed by atoms with Gasteiger partial charge < -0.3 is 15.5 Å². The van der Waals surface area contributed by atoms with E-state index in [1.807, 2.05) is 31.2 Å². The topological polar surface area (TPSA) is 94.0 Å². The molecule has 25 heavy (non-hydrogen) atoms. The molecule has 3 N–H and O–H groups in total. The van der Waals surface area contributed by atoms with Crippen LogP contribution in [0.2, 0.25) is 0 Å². The van der Waals surface area contributed by atoms with Crippen LogP contribution in [0.25, 0.3) is 0 Å². The van der Waals surface area contributed by atoms with Crippen molar-refractivity contribution in [1.29, 1.82) is 0 Å². The lowest BCUT2D eigenvalue weighted by molar-refractivity contribution is 0.0991. The highest BCUT2D eigenvalue weighted by molar-refractivity contribution is 5.98. The van der Waals surface area contributed by atoms with Gasteiger partial charge in [0.25, 0.3) is 0 Å². The fraction of sp³-hybridized carbons (Fsp3) is 0.211. The van der Waals surface area contributed by atoms with Crippen molar-refractivity contribution in [3.05, 3.63) is 71.1 Å². The Morgan fingerprint density at radius 3 is 2.76 bits per heavy atom. The number of aromatic nitrogens is 2. The summed E-state index contributed by atoms with van der Waals surface area (Å²) in [6, 6.07) is 9.23. The van der Waals surface area contributed by atoms with Crippen molar-refractivity contribution in [1.82, 2.24) is 9.97 Å². The number of Topliss-reactive ketones (excluding diaryl/α,β-unsaturated/α-hetero) is 1. The third-order valence-electron chi connectivity index (χ3n) is 3.89. The number of furan rings is 1. The molecule has 3 rings (SSSR count). The molecule has 0 saturated heterocycles. The molecule has 0 fully saturated rings. The first-order valence-electron chi connectivity index (χ1n) is 8.01. The third-order valence-corrected chi connectivity index (χ3v) is 3.89. The number of anilines is 2. The second-order valence-corrected chi connectivity index (χ2v) is 5.87. The lowest BCUT2D eigenvalue weighted by Crippen LogP contribution is -2.07. The number of nitrogens with one attached hydrogen (secondary N) is 1. The molecule has 0 bridgehead atoms. The highest BCUT2D eigenvalue weighted by Gasteiger charge is 2.14. The van der Waals surface area contributed by atoms with Gasteiger partial charge in [0.05, 0.1) is 23.5 Å². The van der Waals surface area contributed by atoms with Crippen molar-refractivity contribution in [3.63, 3.8) is 0 Å². The molecule has 3 aromatic rings. The molecule has 0 unspecified atom stereocenters. The number of hydrogen-bond donors (Lipinski definition) is 2. The van der Waals surface area contributed by atoms with Gasteiger partial charge in [-0.05, 0) is 49.7 Å². The van der Waals surface area contributed by atoms with E-state index in [1.165, 1.54) is 0 Å². The quantitative estimate of drug-likeness (QED) is 0.671. The fourth-order valence-corrected chi connectivity index (χ4v) is 2.68. The standard InChI is InChI=1S/C19H20N4O2/c1-12-8-16(13(2)25-12)18(24)10-14-5-7-21-15(9-14)11-23-17-4-3-6-22-19(17)20/h3-9,23H,10-11H2,1-2H3,(H2,20,22). The number of nitrogen functional groups attached to an aromatic ring is 1. The molecule has 3 heterocycles. The van der Waals surface area contributed by atoms with Crippen LogP contribution < -0.4 is 11.1 Å². The van der Waals surface area contributed by atoms with E-state index in [9.17, 15) is 4.79 Å². The Hall–Kier alpha value is -3.15. The summed E-state index contributed by atoms with van der Waals surface area (Å²) >= 11 is 0. The number of nitrogens with two attached hydrogens (primary N) is 1. The monoisotopic (exact) mass is 336 g/mol. The number of hydrogen-bond acceptors (Lipinski definition) is 6. The van der Waals surface area contributed by atoms with Gasteiger partial charge in [-0.25, -0.2) is 4.98 Å². The van der Waals surface area contributed by atoms with Gasteiger partial charge in [-0.15, -0.1) is 0 Å². The van der Waals surface area contributed by atoms with Crippen LogP contribution in [0.1, 0.15) is 33.1 Å². The summed E-state index contributed by atoms with van der Waals surface area (Å²) in [6.07, 6.45) is 3.66. The highest BCUT2D eigenvalue weighted by atomic mass is 16.3. The number of nitrogens with zero attached hydrogens (tertiary/aromatic N) is 2. The molecule has 0 aliphatic rings. The maximum atomic E-state index is 12.5. The van der Waals surface area contributed by atoms with Crippen LogP contribution in [-0.2, 0) is 13.0 Å². The molecule has 0 aliphatic carbocycles. The lowest BCUT2D eigenvalue weighted by atomic mass is 10.0. The van der Waals surface area contributed by atoms with E-state index in [-0.39, 0.29) is 5.78 Å². The lowest BCUT2D eigenvalue weighted by Gasteiger charge is -2.08. The molecule has 128 valence electrons. The minimum absolute atomic E-state index is 0.0379. The molecule has 0 spiro atoms. The average molecular weight is 336 g/mol. The summed E-state index contributed by atoms with van der Waals surface area (Å²) in [4.78, 5) is 20.8. The number of rotatable bonds is 6. The summed E-state index contributed by atoms with van der Waals surface area (Å²) in [5.41, 5.74) is 8.95. The molecular weight excluding hydrogens is 316 g/mol. The number of aryl methyl sites for hydroxylation is 2. The summed E-state index contributed by atoms with van der Waals surface area (Å²) in [7, 11) is 0. The molecule has 6 heteroatoms. The van der Waals surface area contributed by atoms with Gasteiger partial charge in [-0.2, -0.15) is 0 Å². The summed E-state index contributed by atoms with van der Waals surface area (Å²) < 4.78 is 5.43. The molecule has 0 radical (unpaired) electrons. The van der Waals surface area contributed by atoms with E-state index in [1.54, 1.807) is 25.4 Å². The molecule has 0 aliphatic heterocycles. The predicted octanol–water partition coefficient (Wildman–Crippen LogP) is 3.31. The van der Waals surface area contributed by atoms with E-state index in [0.29, 0.717) is 30.1 Å². The third kappa shape index (κ3) is 4.03. The van der Waals surface area contributed by atoms with Crippen molar-refractivity contribution in [3.8, 4) is 0 Å². The zero-order valence-corrected chi connectivity index (χ0v) is 14.2. The molecule has 0 atom stereocenters. The molecular formula is C19H20N4O2. The smallest absolute Gasteiger partial charge is 0.170 e. The zero-order chi connectivity index (χ0) is 17.8. The van der Waals surface area contributed by atoms with Crippen molar-refractivity contribution < 1.29 is 9.21 Å². The SMILES string of the molecule is Cc1cc(C(=O)Cc2ccnc(CNc3cccnc3N)c2)c(C)o1. The maximum absolute atomic E-state index is 12.5. The Morgan fingerprint density at radius 2 is 2.04 bits per heavy atom. The van der Waals surface area contributed by atoms with Crippen LogP contribution in [0.3, 0.4) is 0 Å². The maximum Gasteiger partial charge on any atom is 0.170 e. The van der Waals surface area contributed by atoms with E-state index in [0.717, 1.165) is 22.7 Å². The molecule has 0 amide bonds. The molecule has 3 aromatic heterocycles. The Bertz CT molecular complexity index is 902. The van der Waals surface area contributed by atoms with E-state index in [4.69, 9.17) is 10.2 Å². The number of carbonyl (C=O) groups excluding carboxylic acids is 1. The van der Waals surface area contributed by atoms with Gasteiger partial charge in [-0.3, -0.25) is 9.78 Å². The van der Waals surface area contributed by atoms with Crippen LogP contribution in [-0.4, -0.2) is 15.8 Å². The van der Waals surface area contributed by atoms with Crippen LogP contribution >= 0.6 is 0 Å². The van der Waals surface area contributed by atoms with Crippen molar-refractivity contribution in [2.45, 2.75) is 26.8 Å². The Labute approximate surface area is 146 Å². The van der Waals surface area contributed by atoms with Gasteiger partial charge >= 0.3 is 0 Å². The normalized spacial score (nSPS) is 10.6. The van der Waals surface area contributed by atoms with Gasteiger partial charge in [0, 0.05) is 18.8 Å². The first kappa shape index (κ1) is 16.7. The Morgan fingerprint density at radius 1 is 1.20 bits per heavy atom. The summed E-state index contributed by atoms with van der Waals surface area (Å²) in [5.74, 6) is 1.88. The van der Waals surface area contributed by atoms with Crippen LogP contribution in [0.4, 0.5) is 11.5 Å². The van der Waals surface area contributed by atoms with E-state index in [2.05, 4.69) is 15.3 Å². The van der Waals surface area contributed by atoms with Gasteiger partial charge in [0.1, 0.15) is 17.3 Å². The van der Waals surface area contributed by atoms with Crippen LogP contribution in [0.15, 0.2) is 47.1 Å². The van der Waals surface area contributed by atoms with Crippen molar-refractivity contribution in [2.75, 3.05) is 11.1 Å². The second kappa shape index (κ2) is 7.17. The minimum Gasteiger partial charge on any atom is -0.466 e. The number of pyridine rings is 2. The predicted molar refractivity (Wildman–Crippen MR) is 96.4 cm³/mol.